The zero-order valence-electron chi connectivity index (χ0n) is 10.5. The number of anilines is 2. The summed E-state index contributed by atoms with van der Waals surface area (Å²) in [6.45, 7) is 0. The first kappa shape index (κ1) is 13.4. The first-order valence-electron chi connectivity index (χ1n) is 5.84. The first-order chi connectivity index (χ1) is 9.26. The van der Waals surface area contributed by atoms with Crippen molar-refractivity contribution in [1.82, 2.24) is 0 Å². The molecule has 0 unspecified atom stereocenters. The van der Waals surface area contributed by atoms with E-state index in [1.807, 2.05) is 48.5 Å². The lowest BCUT2D eigenvalue weighted by Gasteiger charge is -2.22. The van der Waals surface area contributed by atoms with Gasteiger partial charge in [-0.05, 0) is 24.3 Å². The molecule has 0 aliphatic carbocycles. The van der Waals surface area contributed by atoms with Crippen LogP contribution in [0, 0.1) is 0 Å². The fourth-order valence-corrected chi connectivity index (χ4v) is 1.94. The molecular weight excluding hydrogens is 262 g/mol. The Morgan fingerprint density at radius 3 is 2.42 bits per heavy atom. The van der Waals surface area contributed by atoms with Gasteiger partial charge in [-0.25, -0.2) is 0 Å². The summed E-state index contributed by atoms with van der Waals surface area (Å²) in [5, 5.41) is 0. The molecule has 0 saturated carbocycles. The van der Waals surface area contributed by atoms with Crippen molar-refractivity contribution in [3.8, 4) is 5.75 Å². The van der Waals surface area contributed by atoms with Gasteiger partial charge in [-0.2, -0.15) is 0 Å². The summed E-state index contributed by atoms with van der Waals surface area (Å²) < 4.78 is 5.18. The molecule has 0 radical (unpaired) electrons. The van der Waals surface area contributed by atoms with Crippen molar-refractivity contribution in [3.05, 3.63) is 54.6 Å². The Morgan fingerprint density at radius 1 is 1.11 bits per heavy atom. The second-order valence-electron chi connectivity index (χ2n) is 3.90. The molecule has 1 amide bonds. The van der Waals surface area contributed by atoms with Gasteiger partial charge in [-0.3, -0.25) is 9.69 Å². The standard InChI is InChI=1S/C15H14ClNO2/c1-19-14-9-5-8-13(10-14)17(15(18)11-16)12-6-3-2-4-7-12/h2-10H,11H2,1H3. The third-order valence-corrected chi connectivity index (χ3v) is 2.92. The van der Waals surface area contributed by atoms with Gasteiger partial charge in [-0.15, -0.1) is 11.6 Å². The van der Waals surface area contributed by atoms with Crippen molar-refractivity contribution in [2.45, 2.75) is 0 Å². The predicted octanol–water partition coefficient (Wildman–Crippen LogP) is 3.60. The van der Waals surface area contributed by atoms with Crippen LogP contribution in [0.3, 0.4) is 0 Å². The molecule has 0 heterocycles. The highest BCUT2D eigenvalue weighted by Gasteiger charge is 2.17. The molecule has 2 aromatic rings. The Hall–Kier alpha value is -2.00. The van der Waals surface area contributed by atoms with Crippen LogP contribution in [0.4, 0.5) is 11.4 Å². The van der Waals surface area contributed by atoms with Gasteiger partial charge in [0, 0.05) is 11.8 Å². The minimum Gasteiger partial charge on any atom is -0.497 e. The van der Waals surface area contributed by atoms with Gasteiger partial charge in [0.25, 0.3) is 0 Å². The van der Waals surface area contributed by atoms with Crippen LogP contribution in [0.15, 0.2) is 54.6 Å². The monoisotopic (exact) mass is 275 g/mol. The van der Waals surface area contributed by atoms with Crippen molar-refractivity contribution < 1.29 is 9.53 Å². The fraction of sp³-hybridized carbons (Fsp3) is 0.133. The van der Waals surface area contributed by atoms with Gasteiger partial charge in [0.1, 0.15) is 11.6 Å². The first-order valence-corrected chi connectivity index (χ1v) is 6.37. The zero-order valence-corrected chi connectivity index (χ0v) is 11.3. The average Bonchev–Trinajstić information content (AvgIpc) is 2.48. The quantitative estimate of drug-likeness (QED) is 0.798. The predicted molar refractivity (Wildman–Crippen MR) is 77.3 cm³/mol. The average molecular weight is 276 g/mol. The highest BCUT2D eigenvalue weighted by Crippen LogP contribution is 2.28. The maximum atomic E-state index is 12.1. The number of halogens is 1. The molecule has 0 aromatic heterocycles. The van der Waals surface area contributed by atoms with Crippen LogP contribution >= 0.6 is 11.6 Å². The minimum atomic E-state index is -0.180. The number of benzene rings is 2. The van der Waals surface area contributed by atoms with Crippen LogP contribution in [-0.4, -0.2) is 18.9 Å². The van der Waals surface area contributed by atoms with Crippen molar-refractivity contribution in [1.29, 1.82) is 0 Å². The molecule has 0 saturated heterocycles. The largest absolute Gasteiger partial charge is 0.497 e. The van der Waals surface area contributed by atoms with E-state index >= 15 is 0 Å². The van der Waals surface area contributed by atoms with E-state index in [2.05, 4.69) is 0 Å². The van der Waals surface area contributed by atoms with E-state index in [4.69, 9.17) is 16.3 Å². The molecule has 0 N–H and O–H groups in total. The molecule has 4 heteroatoms. The molecule has 2 aromatic carbocycles. The lowest BCUT2D eigenvalue weighted by molar-refractivity contribution is -0.115. The van der Waals surface area contributed by atoms with Gasteiger partial charge in [-0.1, -0.05) is 24.3 Å². The summed E-state index contributed by atoms with van der Waals surface area (Å²) >= 11 is 5.70. The highest BCUT2D eigenvalue weighted by molar-refractivity contribution is 6.30. The number of methoxy groups -OCH3 is 1. The number of nitrogens with zero attached hydrogens (tertiary/aromatic N) is 1. The Bertz CT molecular complexity index is 557. The van der Waals surface area contributed by atoms with E-state index in [0.717, 1.165) is 11.4 Å². The van der Waals surface area contributed by atoms with Crippen molar-refractivity contribution >= 4 is 28.9 Å². The lowest BCUT2D eigenvalue weighted by Crippen LogP contribution is -2.26. The number of hydrogen-bond acceptors (Lipinski definition) is 2. The summed E-state index contributed by atoms with van der Waals surface area (Å²) in [6, 6.07) is 16.7. The molecule has 0 bridgehead atoms. The molecule has 2 rings (SSSR count). The van der Waals surface area contributed by atoms with E-state index in [0.29, 0.717) is 5.75 Å². The van der Waals surface area contributed by atoms with E-state index in [9.17, 15) is 4.79 Å². The van der Waals surface area contributed by atoms with Gasteiger partial charge in [0.15, 0.2) is 0 Å². The van der Waals surface area contributed by atoms with Crippen LogP contribution in [0.1, 0.15) is 0 Å². The Kier molecular flexibility index (Phi) is 4.42. The minimum absolute atomic E-state index is 0.0773. The van der Waals surface area contributed by atoms with E-state index in [1.165, 1.54) is 0 Å². The number of rotatable bonds is 4. The molecule has 0 spiro atoms. The summed E-state index contributed by atoms with van der Waals surface area (Å²) in [5.74, 6) is 0.438. The summed E-state index contributed by atoms with van der Waals surface area (Å²) in [5.41, 5.74) is 1.51. The normalized spacial score (nSPS) is 10.0. The van der Waals surface area contributed by atoms with Crippen molar-refractivity contribution in [2.75, 3.05) is 17.9 Å². The SMILES string of the molecule is COc1cccc(N(C(=O)CCl)c2ccccc2)c1. The summed E-state index contributed by atoms with van der Waals surface area (Å²) in [7, 11) is 1.59. The van der Waals surface area contributed by atoms with E-state index in [-0.39, 0.29) is 11.8 Å². The Labute approximate surface area is 117 Å². The molecular formula is C15H14ClNO2. The molecule has 0 atom stereocenters. The van der Waals surface area contributed by atoms with Crippen LogP contribution in [0.2, 0.25) is 0 Å². The van der Waals surface area contributed by atoms with E-state index in [1.54, 1.807) is 18.1 Å². The maximum absolute atomic E-state index is 12.1. The van der Waals surface area contributed by atoms with Gasteiger partial charge >= 0.3 is 0 Å². The number of amides is 1. The van der Waals surface area contributed by atoms with Gasteiger partial charge < -0.3 is 4.74 Å². The Balaban J connectivity index is 2.46. The third kappa shape index (κ3) is 3.06. The summed E-state index contributed by atoms with van der Waals surface area (Å²) in [4.78, 5) is 13.6. The molecule has 0 fully saturated rings. The van der Waals surface area contributed by atoms with Crippen LogP contribution < -0.4 is 9.64 Å². The molecule has 98 valence electrons. The van der Waals surface area contributed by atoms with Gasteiger partial charge in [0.05, 0.1) is 12.8 Å². The van der Waals surface area contributed by atoms with E-state index < -0.39 is 0 Å². The smallest absolute Gasteiger partial charge is 0.246 e. The number of para-hydroxylation sites is 1. The molecule has 0 aliphatic rings. The number of carbonyl (C=O) groups is 1. The number of carbonyl (C=O) groups excluding carboxylic acids is 1. The van der Waals surface area contributed by atoms with Crippen molar-refractivity contribution in [3.63, 3.8) is 0 Å². The van der Waals surface area contributed by atoms with Crippen LogP contribution in [-0.2, 0) is 4.79 Å². The second kappa shape index (κ2) is 6.25. The Morgan fingerprint density at radius 2 is 1.79 bits per heavy atom. The van der Waals surface area contributed by atoms with Gasteiger partial charge in [0.2, 0.25) is 5.91 Å². The number of hydrogen-bond donors (Lipinski definition) is 0. The number of ether oxygens (including phenoxy) is 1. The fourth-order valence-electron chi connectivity index (χ4n) is 1.82. The molecule has 0 aliphatic heterocycles. The topological polar surface area (TPSA) is 29.5 Å². The lowest BCUT2D eigenvalue weighted by atomic mass is 10.2. The van der Waals surface area contributed by atoms with Crippen LogP contribution in [0.25, 0.3) is 0 Å². The second-order valence-corrected chi connectivity index (χ2v) is 4.17. The van der Waals surface area contributed by atoms with Crippen molar-refractivity contribution in [2.24, 2.45) is 0 Å². The molecule has 19 heavy (non-hydrogen) atoms. The zero-order chi connectivity index (χ0) is 13.7. The third-order valence-electron chi connectivity index (χ3n) is 2.69. The maximum Gasteiger partial charge on any atom is 0.246 e. The highest BCUT2D eigenvalue weighted by atomic mass is 35.5. The van der Waals surface area contributed by atoms with Crippen LogP contribution in [0.5, 0.6) is 5.75 Å². The summed E-state index contributed by atoms with van der Waals surface area (Å²) in [6.07, 6.45) is 0. The molecule has 3 nitrogen and oxygen atoms in total. The number of alkyl halides is 1.